The van der Waals surface area contributed by atoms with E-state index >= 15 is 0 Å². The Morgan fingerprint density at radius 2 is 1.65 bits per heavy atom. The minimum absolute atomic E-state index is 0.0146. The molecule has 0 radical (unpaired) electrons. The molecule has 0 bridgehead atoms. The second-order valence-corrected chi connectivity index (χ2v) is 7.36. The van der Waals surface area contributed by atoms with Crippen molar-refractivity contribution in [1.29, 1.82) is 0 Å². The molecule has 0 aliphatic rings. The molecular formula is C15H17NO2S2. The maximum atomic E-state index is 12.1. The van der Waals surface area contributed by atoms with Crippen molar-refractivity contribution in [2.75, 3.05) is 10.5 Å². The summed E-state index contributed by atoms with van der Waals surface area (Å²) in [7, 11) is -3.37. The molecule has 0 amide bonds. The van der Waals surface area contributed by atoms with E-state index in [2.05, 4.69) is 11.6 Å². The lowest BCUT2D eigenvalue weighted by Crippen LogP contribution is -2.14. The third-order valence-electron chi connectivity index (χ3n) is 2.64. The van der Waals surface area contributed by atoms with Crippen molar-refractivity contribution >= 4 is 27.5 Å². The van der Waals surface area contributed by atoms with Gasteiger partial charge in [-0.3, -0.25) is 4.72 Å². The van der Waals surface area contributed by atoms with Crippen LogP contribution in [0, 0.1) is 0 Å². The first-order valence-corrected chi connectivity index (χ1v) is 9.00. The van der Waals surface area contributed by atoms with Crippen molar-refractivity contribution in [2.24, 2.45) is 0 Å². The molecule has 3 nitrogen and oxygen atoms in total. The molecular weight excluding hydrogens is 290 g/mol. The Hall–Kier alpha value is -1.46. The van der Waals surface area contributed by atoms with Gasteiger partial charge in [-0.2, -0.15) is 0 Å². The van der Waals surface area contributed by atoms with Gasteiger partial charge in [0.15, 0.2) is 0 Å². The van der Waals surface area contributed by atoms with Crippen LogP contribution in [0.5, 0.6) is 0 Å². The molecule has 5 heteroatoms. The fraction of sp³-hybridized carbons (Fsp3) is 0.200. The summed E-state index contributed by atoms with van der Waals surface area (Å²) >= 11 is 1.73. The number of benzene rings is 2. The van der Waals surface area contributed by atoms with Gasteiger partial charge in [-0.1, -0.05) is 37.3 Å². The summed E-state index contributed by atoms with van der Waals surface area (Å²) in [5.41, 5.74) is 1.37. The second-order valence-electron chi connectivity index (χ2n) is 4.30. The highest BCUT2D eigenvalue weighted by Crippen LogP contribution is 2.20. The first kappa shape index (κ1) is 14.9. The van der Waals surface area contributed by atoms with Crippen molar-refractivity contribution in [3.63, 3.8) is 0 Å². The number of sulfonamides is 1. The molecule has 0 aliphatic carbocycles. The van der Waals surface area contributed by atoms with E-state index < -0.39 is 10.0 Å². The minimum Gasteiger partial charge on any atom is -0.283 e. The van der Waals surface area contributed by atoms with Gasteiger partial charge in [0.05, 0.1) is 5.75 Å². The maximum absolute atomic E-state index is 12.1. The third-order valence-corrected chi connectivity index (χ3v) is 4.79. The molecule has 0 aliphatic heterocycles. The predicted octanol–water partition coefficient (Wildman–Crippen LogP) is 3.74. The van der Waals surface area contributed by atoms with E-state index in [1.54, 1.807) is 36.0 Å². The quantitative estimate of drug-likeness (QED) is 0.827. The van der Waals surface area contributed by atoms with E-state index in [1.807, 2.05) is 30.3 Å². The van der Waals surface area contributed by atoms with Gasteiger partial charge in [0, 0.05) is 10.6 Å². The molecule has 2 rings (SSSR count). The van der Waals surface area contributed by atoms with Crippen LogP contribution in [-0.2, 0) is 15.8 Å². The molecule has 0 saturated heterocycles. The molecule has 106 valence electrons. The molecule has 0 atom stereocenters. The first-order chi connectivity index (χ1) is 9.59. The zero-order valence-corrected chi connectivity index (χ0v) is 12.9. The maximum Gasteiger partial charge on any atom is 0.236 e. The van der Waals surface area contributed by atoms with Gasteiger partial charge >= 0.3 is 0 Å². The van der Waals surface area contributed by atoms with E-state index in [1.165, 1.54) is 0 Å². The number of nitrogens with one attached hydrogen (secondary N) is 1. The number of hydrogen-bond acceptors (Lipinski definition) is 3. The van der Waals surface area contributed by atoms with Crippen LogP contribution in [0.3, 0.4) is 0 Å². The molecule has 20 heavy (non-hydrogen) atoms. The number of anilines is 1. The Kier molecular flexibility index (Phi) is 5.09. The third kappa shape index (κ3) is 4.58. The Balaban J connectivity index is 2.04. The van der Waals surface area contributed by atoms with Gasteiger partial charge in [-0.05, 0) is 35.6 Å². The van der Waals surface area contributed by atoms with Crippen molar-refractivity contribution in [1.82, 2.24) is 0 Å². The molecule has 2 aromatic rings. The zero-order chi connectivity index (χ0) is 14.4. The fourth-order valence-corrected chi connectivity index (χ4v) is 3.66. The lowest BCUT2D eigenvalue weighted by molar-refractivity contribution is 0.600. The normalized spacial score (nSPS) is 11.2. The molecule has 0 heterocycles. The van der Waals surface area contributed by atoms with E-state index in [0.29, 0.717) is 5.69 Å². The summed E-state index contributed by atoms with van der Waals surface area (Å²) in [6.07, 6.45) is 0. The Morgan fingerprint density at radius 3 is 2.25 bits per heavy atom. The van der Waals surface area contributed by atoms with E-state index in [4.69, 9.17) is 0 Å². The summed E-state index contributed by atoms with van der Waals surface area (Å²) in [5.74, 6) is 0.985. The number of rotatable bonds is 6. The van der Waals surface area contributed by atoms with Crippen molar-refractivity contribution in [2.45, 2.75) is 17.6 Å². The van der Waals surface area contributed by atoms with Crippen LogP contribution in [0.2, 0.25) is 0 Å². The van der Waals surface area contributed by atoms with Crippen LogP contribution in [0.1, 0.15) is 12.5 Å². The van der Waals surface area contributed by atoms with E-state index in [0.717, 1.165) is 16.2 Å². The Bertz CT molecular complexity index is 637. The molecule has 1 N–H and O–H groups in total. The van der Waals surface area contributed by atoms with Crippen LogP contribution in [0.4, 0.5) is 5.69 Å². The minimum atomic E-state index is -3.37. The van der Waals surface area contributed by atoms with Gasteiger partial charge in [-0.15, -0.1) is 11.8 Å². The summed E-state index contributed by atoms with van der Waals surface area (Å²) < 4.78 is 26.7. The summed E-state index contributed by atoms with van der Waals surface area (Å²) in [5, 5.41) is 0. The molecule has 2 aromatic carbocycles. The monoisotopic (exact) mass is 307 g/mol. The van der Waals surface area contributed by atoms with Gasteiger partial charge in [-0.25, -0.2) is 8.42 Å². The smallest absolute Gasteiger partial charge is 0.236 e. The predicted molar refractivity (Wildman–Crippen MR) is 85.5 cm³/mol. The number of thioether (sulfide) groups is 1. The summed E-state index contributed by atoms with van der Waals surface area (Å²) in [4.78, 5) is 1.14. The molecule has 0 saturated carbocycles. The van der Waals surface area contributed by atoms with Crippen LogP contribution < -0.4 is 4.72 Å². The van der Waals surface area contributed by atoms with Gasteiger partial charge < -0.3 is 0 Å². The average Bonchev–Trinajstić information content (AvgIpc) is 2.41. The lowest BCUT2D eigenvalue weighted by Gasteiger charge is -2.08. The average molecular weight is 307 g/mol. The highest BCUT2D eigenvalue weighted by atomic mass is 32.2. The topological polar surface area (TPSA) is 46.2 Å². The summed E-state index contributed by atoms with van der Waals surface area (Å²) in [6.45, 7) is 2.08. The molecule has 0 unspecified atom stereocenters. The SMILES string of the molecule is CCSc1ccc(NS(=O)(=O)Cc2ccccc2)cc1. The molecule has 0 aromatic heterocycles. The largest absolute Gasteiger partial charge is 0.283 e. The fourth-order valence-electron chi connectivity index (χ4n) is 1.80. The second kappa shape index (κ2) is 6.81. The van der Waals surface area contributed by atoms with Crippen molar-refractivity contribution in [3.8, 4) is 0 Å². The molecule has 0 fully saturated rings. The van der Waals surface area contributed by atoms with Crippen LogP contribution >= 0.6 is 11.8 Å². The van der Waals surface area contributed by atoms with Gasteiger partial charge in [0.1, 0.15) is 0 Å². The van der Waals surface area contributed by atoms with Crippen LogP contribution in [0.25, 0.3) is 0 Å². The Labute approximate surface area is 124 Å². The van der Waals surface area contributed by atoms with Crippen LogP contribution in [-0.4, -0.2) is 14.2 Å². The highest BCUT2D eigenvalue weighted by Gasteiger charge is 2.11. The van der Waals surface area contributed by atoms with Gasteiger partial charge in [0.2, 0.25) is 10.0 Å². The standard InChI is InChI=1S/C15H17NO2S2/c1-2-19-15-10-8-14(9-11-15)16-20(17,18)12-13-6-4-3-5-7-13/h3-11,16H,2,12H2,1H3. The summed E-state index contributed by atoms with van der Waals surface area (Å²) in [6, 6.07) is 16.6. The highest BCUT2D eigenvalue weighted by molar-refractivity contribution is 7.99. The van der Waals surface area contributed by atoms with Crippen molar-refractivity contribution < 1.29 is 8.42 Å². The lowest BCUT2D eigenvalue weighted by atomic mass is 10.2. The van der Waals surface area contributed by atoms with Gasteiger partial charge in [0.25, 0.3) is 0 Å². The number of hydrogen-bond donors (Lipinski definition) is 1. The zero-order valence-electron chi connectivity index (χ0n) is 11.2. The van der Waals surface area contributed by atoms with Crippen molar-refractivity contribution in [3.05, 3.63) is 60.2 Å². The first-order valence-electron chi connectivity index (χ1n) is 6.36. The van der Waals surface area contributed by atoms with E-state index in [-0.39, 0.29) is 5.75 Å². The van der Waals surface area contributed by atoms with E-state index in [9.17, 15) is 8.42 Å². The molecule has 0 spiro atoms. The van der Waals surface area contributed by atoms with Crippen LogP contribution in [0.15, 0.2) is 59.5 Å². The Morgan fingerprint density at radius 1 is 1.00 bits per heavy atom.